The van der Waals surface area contributed by atoms with E-state index in [1.54, 1.807) is 0 Å². The number of aliphatic hydroxyl groups excluding tert-OH is 1. The molecule has 18 heavy (non-hydrogen) atoms. The third-order valence-electron chi connectivity index (χ3n) is 3.48. The second-order valence-corrected chi connectivity index (χ2v) is 5.05. The Bertz CT molecular complexity index is 379. The van der Waals surface area contributed by atoms with Gasteiger partial charge in [0, 0.05) is 25.3 Å². The van der Waals surface area contributed by atoms with E-state index < -0.39 is 0 Å². The average molecular weight is 248 g/mol. The van der Waals surface area contributed by atoms with Gasteiger partial charge < -0.3 is 15.7 Å². The number of benzene rings is 1. The maximum Gasteiger partial charge on any atom is 0.0664 e. The van der Waals surface area contributed by atoms with Gasteiger partial charge >= 0.3 is 0 Å². The third kappa shape index (κ3) is 3.47. The van der Waals surface area contributed by atoms with Crippen molar-refractivity contribution >= 4 is 5.69 Å². The number of para-hydroxylation sites is 1. The summed E-state index contributed by atoms with van der Waals surface area (Å²) in [6.07, 6.45) is 4.08. The first-order chi connectivity index (χ1) is 8.81. The molecule has 0 aromatic heterocycles. The van der Waals surface area contributed by atoms with Crippen LogP contribution < -0.4 is 10.6 Å². The van der Waals surface area contributed by atoms with Gasteiger partial charge in [0.05, 0.1) is 6.10 Å². The predicted octanol–water partition coefficient (Wildman–Crippen LogP) is 2.30. The highest BCUT2D eigenvalue weighted by Gasteiger charge is 2.12. The minimum absolute atomic E-state index is 0.220. The molecule has 0 amide bonds. The molecule has 1 unspecified atom stereocenters. The van der Waals surface area contributed by atoms with Crippen LogP contribution in [0.1, 0.15) is 37.3 Å². The third-order valence-corrected chi connectivity index (χ3v) is 3.48. The smallest absolute Gasteiger partial charge is 0.0664 e. The molecule has 1 atom stereocenters. The molecule has 0 radical (unpaired) electrons. The van der Waals surface area contributed by atoms with Crippen LogP contribution in [0.5, 0.6) is 0 Å². The predicted molar refractivity (Wildman–Crippen MR) is 75.9 cm³/mol. The van der Waals surface area contributed by atoms with Crippen LogP contribution in [0.3, 0.4) is 0 Å². The summed E-state index contributed by atoms with van der Waals surface area (Å²) in [6, 6.07) is 6.50. The van der Waals surface area contributed by atoms with E-state index in [0.29, 0.717) is 6.54 Å². The van der Waals surface area contributed by atoms with Gasteiger partial charge in [-0.1, -0.05) is 31.5 Å². The minimum Gasteiger partial charge on any atom is -0.392 e. The van der Waals surface area contributed by atoms with Crippen LogP contribution in [0.15, 0.2) is 18.2 Å². The Morgan fingerprint density at radius 2 is 2.33 bits per heavy atom. The fraction of sp³-hybridized carbons (Fsp3) is 0.600. The van der Waals surface area contributed by atoms with Crippen molar-refractivity contribution in [3.8, 4) is 0 Å². The van der Waals surface area contributed by atoms with Crippen LogP contribution in [0.25, 0.3) is 0 Å². The quantitative estimate of drug-likeness (QED) is 0.724. The van der Waals surface area contributed by atoms with Crippen LogP contribution in [0, 0.1) is 0 Å². The van der Waals surface area contributed by atoms with Crippen molar-refractivity contribution in [1.82, 2.24) is 5.32 Å². The Balaban J connectivity index is 1.89. The lowest BCUT2D eigenvalue weighted by atomic mass is 9.99. The van der Waals surface area contributed by atoms with Crippen LogP contribution in [0.2, 0.25) is 0 Å². The topological polar surface area (TPSA) is 44.3 Å². The molecule has 1 heterocycles. The van der Waals surface area contributed by atoms with Gasteiger partial charge in [-0.25, -0.2) is 0 Å². The van der Waals surface area contributed by atoms with Crippen molar-refractivity contribution in [2.45, 2.75) is 45.3 Å². The van der Waals surface area contributed by atoms with Gasteiger partial charge in [-0.3, -0.25) is 0 Å². The Labute approximate surface area is 110 Å². The van der Waals surface area contributed by atoms with E-state index in [0.717, 1.165) is 25.9 Å². The van der Waals surface area contributed by atoms with Crippen molar-refractivity contribution in [3.05, 3.63) is 29.3 Å². The monoisotopic (exact) mass is 248 g/mol. The van der Waals surface area contributed by atoms with E-state index in [2.05, 4.69) is 35.8 Å². The molecule has 0 saturated carbocycles. The van der Waals surface area contributed by atoms with Crippen molar-refractivity contribution in [3.63, 3.8) is 0 Å². The largest absolute Gasteiger partial charge is 0.392 e. The van der Waals surface area contributed by atoms with Gasteiger partial charge in [-0.15, -0.1) is 0 Å². The molecule has 0 saturated heterocycles. The van der Waals surface area contributed by atoms with Crippen LogP contribution >= 0.6 is 0 Å². The van der Waals surface area contributed by atoms with Gasteiger partial charge in [0.1, 0.15) is 0 Å². The lowest BCUT2D eigenvalue weighted by molar-refractivity contribution is 0.160. The number of anilines is 1. The summed E-state index contributed by atoms with van der Waals surface area (Å²) in [4.78, 5) is 0. The Morgan fingerprint density at radius 1 is 1.44 bits per heavy atom. The second kappa shape index (κ2) is 6.76. The SMILES string of the molecule is CCCC(O)CNCc1cccc2c1NCCC2. The summed E-state index contributed by atoms with van der Waals surface area (Å²) >= 11 is 0. The van der Waals surface area contributed by atoms with Gasteiger partial charge in [-0.05, 0) is 30.4 Å². The molecule has 0 aliphatic carbocycles. The maximum absolute atomic E-state index is 9.69. The fourth-order valence-electron chi connectivity index (χ4n) is 2.54. The number of aliphatic hydroxyl groups is 1. The van der Waals surface area contributed by atoms with Crippen LogP contribution in [-0.2, 0) is 13.0 Å². The number of hydrogen-bond donors (Lipinski definition) is 3. The lowest BCUT2D eigenvalue weighted by Crippen LogP contribution is -2.27. The summed E-state index contributed by atoms with van der Waals surface area (Å²) in [6.45, 7) is 4.68. The molecule has 1 aliphatic rings. The first kappa shape index (κ1) is 13.4. The Kier molecular flexibility index (Phi) is 5.02. The molecule has 0 fully saturated rings. The molecule has 1 aromatic rings. The highest BCUT2D eigenvalue weighted by Crippen LogP contribution is 2.25. The molecule has 1 aliphatic heterocycles. The van der Waals surface area contributed by atoms with Gasteiger partial charge in [0.25, 0.3) is 0 Å². The molecular formula is C15H24N2O. The summed E-state index contributed by atoms with van der Waals surface area (Å²) < 4.78 is 0. The number of aryl methyl sites for hydroxylation is 1. The van der Waals surface area contributed by atoms with E-state index in [9.17, 15) is 5.11 Å². The highest BCUT2D eigenvalue weighted by atomic mass is 16.3. The highest BCUT2D eigenvalue weighted by molar-refractivity contribution is 5.59. The average Bonchev–Trinajstić information content (AvgIpc) is 2.39. The molecule has 0 bridgehead atoms. The first-order valence-electron chi connectivity index (χ1n) is 7.04. The van der Waals surface area contributed by atoms with Crippen LogP contribution in [-0.4, -0.2) is 24.3 Å². The van der Waals surface area contributed by atoms with Crippen molar-refractivity contribution in [2.75, 3.05) is 18.4 Å². The van der Waals surface area contributed by atoms with E-state index >= 15 is 0 Å². The lowest BCUT2D eigenvalue weighted by Gasteiger charge is -2.21. The Hall–Kier alpha value is -1.06. The zero-order chi connectivity index (χ0) is 12.8. The van der Waals surface area contributed by atoms with Crippen molar-refractivity contribution in [1.29, 1.82) is 0 Å². The van der Waals surface area contributed by atoms with Gasteiger partial charge in [-0.2, -0.15) is 0 Å². The molecule has 3 N–H and O–H groups in total. The molecule has 0 spiro atoms. The van der Waals surface area contributed by atoms with E-state index in [1.807, 2.05) is 0 Å². The summed E-state index contributed by atoms with van der Waals surface area (Å²) in [5, 5.41) is 16.5. The molecule has 2 rings (SSSR count). The molecular weight excluding hydrogens is 224 g/mol. The first-order valence-corrected chi connectivity index (χ1v) is 7.04. The fourth-order valence-corrected chi connectivity index (χ4v) is 2.54. The number of hydrogen-bond acceptors (Lipinski definition) is 3. The maximum atomic E-state index is 9.69. The number of rotatable bonds is 6. The molecule has 100 valence electrons. The van der Waals surface area contributed by atoms with Gasteiger partial charge in [0.15, 0.2) is 0 Å². The van der Waals surface area contributed by atoms with Crippen molar-refractivity contribution < 1.29 is 5.11 Å². The van der Waals surface area contributed by atoms with E-state index in [-0.39, 0.29) is 6.10 Å². The zero-order valence-corrected chi connectivity index (χ0v) is 11.2. The standard InChI is InChI=1S/C15H24N2O/c1-2-5-14(18)11-16-10-13-7-3-6-12-8-4-9-17-15(12)13/h3,6-7,14,16-18H,2,4-5,8-11H2,1H3. The van der Waals surface area contributed by atoms with E-state index in [1.165, 1.54) is 29.7 Å². The Morgan fingerprint density at radius 3 is 3.17 bits per heavy atom. The summed E-state index contributed by atoms with van der Waals surface area (Å²) in [5.74, 6) is 0. The zero-order valence-electron chi connectivity index (χ0n) is 11.2. The number of nitrogens with one attached hydrogen (secondary N) is 2. The molecule has 1 aromatic carbocycles. The summed E-state index contributed by atoms with van der Waals surface area (Å²) in [7, 11) is 0. The molecule has 3 heteroatoms. The summed E-state index contributed by atoms with van der Waals surface area (Å²) in [5.41, 5.74) is 4.05. The second-order valence-electron chi connectivity index (χ2n) is 5.05. The van der Waals surface area contributed by atoms with Crippen LogP contribution in [0.4, 0.5) is 5.69 Å². The molecule has 3 nitrogen and oxygen atoms in total. The normalized spacial score (nSPS) is 15.9. The minimum atomic E-state index is -0.220. The van der Waals surface area contributed by atoms with Gasteiger partial charge in [0.2, 0.25) is 0 Å². The van der Waals surface area contributed by atoms with Crippen molar-refractivity contribution in [2.24, 2.45) is 0 Å². The number of fused-ring (bicyclic) bond motifs is 1. The van der Waals surface area contributed by atoms with E-state index in [4.69, 9.17) is 0 Å².